The quantitative estimate of drug-likeness (QED) is 0.861. The third-order valence-electron chi connectivity index (χ3n) is 3.17. The SMILES string of the molecule is CC(=O)Cc1ccc(C#CCNC(=O)OCc2ccccc2)cc1. The van der Waals surface area contributed by atoms with Crippen LogP contribution in [0.5, 0.6) is 0 Å². The van der Waals surface area contributed by atoms with Crippen LogP contribution in [0.2, 0.25) is 0 Å². The van der Waals surface area contributed by atoms with Crippen molar-refractivity contribution >= 4 is 11.9 Å². The van der Waals surface area contributed by atoms with Crippen molar-refractivity contribution in [3.8, 4) is 11.8 Å². The summed E-state index contributed by atoms with van der Waals surface area (Å²) in [5.41, 5.74) is 2.74. The molecule has 0 unspecified atom stereocenters. The summed E-state index contributed by atoms with van der Waals surface area (Å²) < 4.78 is 5.08. The number of ketones is 1. The minimum atomic E-state index is -0.495. The summed E-state index contributed by atoms with van der Waals surface area (Å²) in [5.74, 6) is 5.94. The van der Waals surface area contributed by atoms with Gasteiger partial charge in [0.05, 0.1) is 6.54 Å². The van der Waals surface area contributed by atoms with Crippen LogP contribution in [0, 0.1) is 11.8 Å². The number of carbonyl (C=O) groups excluding carboxylic acids is 2. The van der Waals surface area contributed by atoms with Gasteiger partial charge in [-0.15, -0.1) is 0 Å². The van der Waals surface area contributed by atoms with Gasteiger partial charge in [-0.1, -0.05) is 54.3 Å². The lowest BCUT2D eigenvalue weighted by Gasteiger charge is -2.04. The van der Waals surface area contributed by atoms with Crippen molar-refractivity contribution in [3.63, 3.8) is 0 Å². The fourth-order valence-corrected chi connectivity index (χ4v) is 2.03. The Kier molecular flexibility index (Phi) is 6.60. The number of nitrogens with one attached hydrogen (secondary N) is 1. The van der Waals surface area contributed by atoms with Crippen LogP contribution in [0.25, 0.3) is 0 Å². The van der Waals surface area contributed by atoms with Crippen LogP contribution in [0.4, 0.5) is 4.79 Å². The van der Waals surface area contributed by atoms with E-state index in [2.05, 4.69) is 17.2 Å². The van der Waals surface area contributed by atoms with E-state index in [1.807, 2.05) is 54.6 Å². The first-order valence-electron chi connectivity index (χ1n) is 7.65. The number of benzene rings is 2. The van der Waals surface area contributed by atoms with Crippen LogP contribution < -0.4 is 5.32 Å². The second-order valence-electron chi connectivity index (χ2n) is 5.29. The zero-order valence-electron chi connectivity index (χ0n) is 13.5. The van der Waals surface area contributed by atoms with E-state index in [1.54, 1.807) is 6.92 Å². The van der Waals surface area contributed by atoms with Gasteiger partial charge in [0.1, 0.15) is 12.4 Å². The van der Waals surface area contributed by atoms with E-state index in [1.165, 1.54) is 0 Å². The number of hydrogen-bond donors (Lipinski definition) is 1. The van der Waals surface area contributed by atoms with Crippen molar-refractivity contribution < 1.29 is 14.3 Å². The molecular formula is C20H19NO3. The third kappa shape index (κ3) is 6.37. The van der Waals surface area contributed by atoms with Gasteiger partial charge in [0, 0.05) is 12.0 Å². The zero-order valence-corrected chi connectivity index (χ0v) is 13.5. The molecule has 122 valence electrons. The lowest BCUT2D eigenvalue weighted by Crippen LogP contribution is -2.24. The van der Waals surface area contributed by atoms with Crippen molar-refractivity contribution in [2.75, 3.05) is 6.54 Å². The molecule has 0 aliphatic heterocycles. The Balaban J connectivity index is 1.73. The number of Topliss-reactive ketones (excluding diaryl/α,β-unsaturated/α-hetero) is 1. The molecule has 2 aromatic carbocycles. The molecule has 0 radical (unpaired) electrons. The molecule has 0 aliphatic carbocycles. The molecule has 0 bridgehead atoms. The van der Waals surface area contributed by atoms with Crippen molar-refractivity contribution in [2.45, 2.75) is 20.0 Å². The number of alkyl carbamates (subject to hydrolysis) is 1. The van der Waals surface area contributed by atoms with Crippen LogP contribution in [-0.2, 0) is 22.6 Å². The van der Waals surface area contributed by atoms with Gasteiger partial charge in [0.15, 0.2) is 0 Å². The first-order valence-corrected chi connectivity index (χ1v) is 7.65. The van der Waals surface area contributed by atoms with Crippen LogP contribution in [-0.4, -0.2) is 18.4 Å². The Bertz CT molecular complexity index is 740. The Morgan fingerprint density at radius 2 is 1.71 bits per heavy atom. The summed E-state index contributed by atoms with van der Waals surface area (Å²) in [6.45, 7) is 2.01. The van der Waals surface area contributed by atoms with E-state index in [0.29, 0.717) is 6.42 Å². The molecule has 0 heterocycles. The predicted molar refractivity (Wildman–Crippen MR) is 92.3 cm³/mol. The van der Waals surface area contributed by atoms with Gasteiger partial charge in [0.25, 0.3) is 0 Å². The lowest BCUT2D eigenvalue weighted by molar-refractivity contribution is -0.116. The van der Waals surface area contributed by atoms with E-state index in [4.69, 9.17) is 4.74 Å². The molecule has 4 nitrogen and oxygen atoms in total. The largest absolute Gasteiger partial charge is 0.445 e. The highest BCUT2D eigenvalue weighted by molar-refractivity contribution is 5.78. The molecule has 4 heteroatoms. The highest BCUT2D eigenvalue weighted by atomic mass is 16.5. The van der Waals surface area contributed by atoms with Gasteiger partial charge in [0.2, 0.25) is 0 Å². The summed E-state index contributed by atoms with van der Waals surface area (Å²) in [4.78, 5) is 22.6. The molecule has 2 aromatic rings. The van der Waals surface area contributed by atoms with Gasteiger partial charge in [-0.2, -0.15) is 0 Å². The summed E-state index contributed by atoms with van der Waals surface area (Å²) in [6.07, 6.45) is -0.0624. The van der Waals surface area contributed by atoms with Gasteiger partial charge in [-0.25, -0.2) is 4.79 Å². The molecule has 2 rings (SSSR count). The maximum Gasteiger partial charge on any atom is 0.408 e. The third-order valence-corrected chi connectivity index (χ3v) is 3.17. The molecule has 0 fully saturated rings. The normalized spacial score (nSPS) is 9.54. The highest BCUT2D eigenvalue weighted by Gasteiger charge is 2.00. The van der Waals surface area contributed by atoms with Crippen LogP contribution >= 0.6 is 0 Å². The van der Waals surface area contributed by atoms with Gasteiger partial charge < -0.3 is 10.1 Å². The maximum absolute atomic E-state index is 11.5. The molecular weight excluding hydrogens is 302 g/mol. The molecule has 0 atom stereocenters. The van der Waals surface area contributed by atoms with E-state index < -0.39 is 6.09 Å². The van der Waals surface area contributed by atoms with E-state index in [0.717, 1.165) is 16.7 Å². The van der Waals surface area contributed by atoms with Crippen molar-refractivity contribution in [3.05, 3.63) is 71.3 Å². The summed E-state index contributed by atoms with van der Waals surface area (Å²) in [6, 6.07) is 17.0. The summed E-state index contributed by atoms with van der Waals surface area (Å²) in [5, 5.41) is 2.58. The Morgan fingerprint density at radius 1 is 1.00 bits per heavy atom. The summed E-state index contributed by atoms with van der Waals surface area (Å²) >= 11 is 0. The van der Waals surface area contributed by atoms with Crippen molar-refractivity contribution in [2.24, 2.45) is 0 Å². The minimum absolute atomic E-state index is 0.132. The predicted octanol–water partition coefficient (Wildman–Crippen LogP) is 3.10. The average molecular weight is 321 g/mol. The van der Waals surface area contributed by atoms with Crippen LogP contribution in [0.15, 0.2) is 54.6 Å². The number of hydrogen-bond acceptors (Lipinski definition) is 3. The maximum atomic E-state index is 11.5. The smallest absolute Gasteiger partial charge is 0.408 e. The first-order chi connectivity index (χ1) is 11.6. The summed E-state index contributed by atoms with van der Waals surface area (Å²) in [7, 11) is 0. The fraction of sp³-hybridized carbons (Fsp3) is 0.200. The lowest BCUT2D eigenvalue weighted by atomic mass is 10.1. The number of carbonyl (C=O) groups is 2. The Hall–Kier alpha value is -3.06. The minimum Gasteiger partial charge on any atom is -0.445 e. The molecule has 24 heavy (non-hydrogen) atoms. The Morgan fingerprint density at radius 3 is 2.38 bits per heavy atom. The topological polar surface area (TPSA) is 55.4 Å². The van der Waals surface area contributed by atoms with Gasteiger partial charge in [-0.3, -0.25) is 4.79 Å². The van der Waals surface area contributed by atoms with Gasteiger partial charge in [-0.05, 0) is 30.2 Å². The highest BCUT2D eigenvalue weighted by Crippen LogP contribution is 2.04. The van der Waals surface area contributed by atoms with Crippen molar-refractivity contribution in [1.82, 2.24) is 5.32 Å². The first kappa shape index (κ1) is 17.3. The Labute approximate surface area is 141 Å². The van der Waals surface area contributed by atoms with Crippen LogP contribution in [0.1, 0.15) is 23.6 Å². The number of rotatable bonds is 5. The molecule has 0 saturated carbocycles. The van der Waals surface area contributed by atoms with Crippen molar-refractivity contribution in [1.29, 1.82) is 0 Å². The molecule has 1 N–H and O–H groups in total. The standard InChI is InChI=1S/C20H19NO3/c1-16(22)14-18-11-9-17(10-12-18)8-5-13-21-20(23)24-15-19-6-3-2-4-7-19/h2-4,6-7,9-12H,13-15H2,1H3,(H,21,23). The monoisotopic (exact) mass is 321 g/mol. The van der Waals surface area contributed by atoms with E-state index in [-0.39, 0.29) is 18.9 Å². The second kappa shape index (κ2) is 9.16. The molecule has 0 spiro atoms. The second-order valence-corrected chi connectivity index (χ2v) is 5.29. The number of amides is 1. The molecule has 1 amide bonds. The van der Waals surface area contributed by atoms with Gasteiger partial charge >= 0.3 is 6.09 Å². The average Bonchev–Trinajstić information content (AvgIpc) is 2.59. The van der Waals surface area contributed by atoms with E-state index in [9.17, 15) is 9.59 Å². The molecule has 0 saturated heterocycles. The number of ether oxygens (including phenoxy) is 1. The van der Waals surface area contributed by atoms with E-state index >= 15 is 0 Å². The fourth-order valence-electron chi connectivity index (χ4n) is 2.03. The van der Waals surface area contributed by atoms with Crippen LogP contribution in [0.3, 0.4) is 0 Å². The molecule has 0 aliphatic rings. The molecule has 0 aromatic heterocycles. The zero-order chi connectivity index (χ0) is 17.2.